The Kier molecular flexibility index (Phi) is 5.44. The molecule has 2 aromatic rings. The van der Waals surface area contributed by atoms with Gasteiger partial charge in [0.25, 0.3) is 0 Å². The number of rotatable bonds is 5. The fraction of sp³-hybridized carbons (Fsp3) is 0.273. The average molecular weight is 365 g/mol. The van der Waals surface area contributed by atoms with Crippen LogP contribution in [0.3, 0.4) is 0 Å². The maximum Gasteiger partial charge on any atom is 0.0778 e. The Balaban J connectivity index is 1.73. The molecule has 134 valence electrons. The van der Waals surface area contributed by atoms with E-state index < -0.39 is 0 Å². The molecule has 2 aliphatic rings. The van der Waals surface area contributed by atoms with Gasteiger partial charge in [0.1, 0.15) is 0 Å². The summed E-state index contributed by atoms with van der Waals surface area (Å²) >= 11 is 1.85. The van der Waals surface area contributed by atoms with Crippen LogP contribution in [0.5, 0.6) is 0 Å². The van der Waals surface area contributed by atoms with Crippen LogP contribution in [0.25, 0.3) is 6.08 Å². The summed E-state index contributed by atoms with van der Waals surface area (Å²) in [5.74, 6) is 1.09. The van der Waals surface area contributed by atoms with Gasteiger partial charge >= 0.3 is 0 Å². The number of hydrogen-bond donors (Lipinski definition) is 1. The minimum absolute atomic E-state index is 0.176. The van der Waals surface area contributed by atoms with Gasteiger partial charge in [-0.3, -0.25) is 0 Å². The summed E-state index contributed by atoms with van der Waals surface area (Å²) in [7, 11) is 0. The lowest BCUT2D eigenvalue weighted by Crippen LogP contribution is -2.28. The van der Waals surface area contributed by atoms with Crippen molar-refractivity contribution in [2.24, 2.45) is 0 Å². The number of hydrazine groups is 1. The molecule has 3 nitrogen and oxygen atoms in total. The fourth-order valence-corrected chi connectivity index (χ4v) is 4.33. The second-order valence-electron chi connectivity index (χ2n) is 6.55. The molecule has 2 heterocycles. The van der Waals surface area contributed by atoms with Crippen molar-refractivity contribution in [3.05, 3.63) is 88.6 Å². The first-order chi connectivity index (χ1) is 12.9. The van der Waals surface area contributed by atoms with Crippen LogP contribution in [0.15, 0.2) is 77.5 Å². The molecular weight excluding hydrogens is 340 g/mol. The first kappa shape index (κ1) is 17.4. The largest absolute Gasteiger partial charge is 0.372 e. The predicted octanol–water partition coefficient (Wildman–Crippen LogP) is 4.97. The molecule has 1 unspecified atom stereocenters. The van der Waals surface area contributed by atoms with Gasteiger partial charge in [0.2, 0.25) is 0 Å². The van der Waals surface area contributed by atoms with Crippen molar-refractivity contribution in [1.29, 1.82) is 0 Å². The number of nitrogens with one attached hydrogen (secondary N) is 1. The highest BCUT2D eigenvalue weighted by molar-refractivity contribution is 7.97. The molecule has 2 aliphatic heterocycles. The zero-order valence-electron chi connectivity index (χ0n) is 15.0. The van der Waals surface area contributed by atoms with Gasteiger partial charge in [0.05, 0.1) is 25.0 Å². The van der Waals surface area contributed by atoms with Gasteiger partial charge in [0, 0.05) is 16.9 Å². The minimum Gasteiger partial charge on any atom is -0.372 e. The van der Waals surface area contributed by atoms with Crippen molar-refractivity contribution in [3.8, 4) is 0 Å². The lowest BCUT2D eigenvalue weighted by molar-refractivity contribution is 0.169. The molecule has 2 aromatic carbocycles. The Labute approximate surface area is 159 Å². The number of benzene rings is 2. The Morgan fingerprint density at radius 2 is 1.81 bits per heavy atom. The van der Waals surface area contributed by atoms with Crippen LogP contribution in [0.1, 0.15) is 30.5 Å². The molecular formula is C22H24N2OS. The van der Waals surface area contributed by atoms with Gasteiger partial charge in [-0.25, -0.2) is 9.84 Å². The summed E-state index contributed by atoms with van der Waals surface area (Å²) < 4.78 is 8.24. The van der Waals surface area contributed by atoms with Crippen LogP contribution in [-0.2, 0) is 4.74 Å². The summed E-state index contributed by atoms with van der Waals surface area (Å²) in [5, 5.41) is 0. The number of nitrogens with zero attached hydrogens (tertiary/aromatic N) is 1. The van der Waals surface area contributed by atoms with Gasteiger partial charge in [-0.15, -0.1) is 0 Å². The molecule has 0 spiro atoms. The zero-order chi connectivity index (χ0) is 17.8. The molecule has 0 fully saturated rings. The van der Waals surface area contributed by atoms with Crippen molar-refractivity contribution < 1.29 is 4.74 Å². The molecule has 0 saturated heterocycles. The van der Waals surface area contributed by atoms with Crippen LogP contribution in [-0.4, -0.2) is 23.4 Å². The summed E-state index contributed by atoms with van der Waals surface area (Å²) in [6.07, 6.45) is 3.40. The molecule has 4 heteroatoms. The van der Waals surface area contributed by atoms with E-state index in [0.717, 1.165) is 12.2 Å². The highest BCUT2D eigenvalue weighted by Crippen LogP contribution is 2.41. The second-order valence-corrected chi connectivity index (χ2v) is 7.58. The Hall–Kier alpha value is -2.01. The Bertz CT molecular complexity index is 801. The molecule has 1 atom stereocenters. The summed E-state index contributed by atoms with van der Waals surface area (Å²) in [4.78, 5) is 0. The second kappa shape index (κ2) is 8.12. The Morgan fingerprint density at radius 3 is 2.54 bits per heavy atom. The molecule has 0 radical (unpaired) electrons. The van der Waals surface area contributed by atoms with E-state index in [-0.39, 0.29) is 6.04 Å². The first-order valence-corrected chi connectivity index (χ1v) is 10.1. The molecule has 26 heavy (non-hydrogen) atoms. The SMILES string of the molecule is CCCSN1NC(c2ccccc2)C2=C1C(=Cc1ccccc1)COC2. The minimum atomic E-state index is 0.176. The van der Waals surface area contributed by atoms with Crippen molar-refractivity contribution in [1.82, 2.24) is 9.84 Å². The van der Waals surface area contributed by atoms with E-state index in [1.165, 1.54) is 28.0 Å². The molecule has 4 rings (SSSR count). The maximum atomic E-state index is 5.97. The molecule has 0 saturated carbocycles. The van der Waals surface area contributed by atoms with Crippen LogP contribution in [0.2, 0.25) is 0 Å². The molecule has 1 N–H and O–H groups in total. The maximum absolute atomic E-state index is 5.97. The van der Waals surface area contributed by atoms with Crippen LogP contribution < -0.4 is 5.43 Å². The van der Waals surface area contributed by atoms with E-state index in [1.807, 2.05) is 11.9 Å². The van der Waals surface area contributed by atoms with Gasteiger partial charge in [0.15, 0.2) is 0 Å². The van der Waals surface area contributed by atoms with Crippen LogP contribution in [0.4, 0.5) is 0 Å². The predicted molar refractivity (Wildman–Crippen MR) is 109 cm³/mol. The molecule has 0 amide bonds. The van der Waals surface area contributed by atoms with Crippen molar-refractivity contribution >= 4 is 18.0 Å². The third kappa shape index (κ3) is 3.58. The third-order valence-corrected chi connectivity index (χ3v) is 5.76. The standard InChI is InChI=1S/C22H24N2OS/c1-2-13-26-24-22-19(14-17-9-5-3-6-10-17)15-25-16-20(22)21(23-24)18-11-7-4-8-12-18/h3-12,14,21,23H,2,13,15-16H2,1H3. The summed E-state index contributed by atoms with van der Waals surface area (Å²) in [6, 6.07) is 21.3. The number of hydrogen-bond acceptors (Lipinski definition) is 4. The topological polar surface area (TPSA) is 24.5 Å². The van der Waals surface area contributed by atoms with Gasteiger partial charge in [-0.2, -0.15) is 0 Å². The normalized spacial score (nSPS) is 21.3. The van der Waals surface area contributed by atoms with Gasteiger partial charge in [-0.1, -0.05) is 67.6 Å². The van der Waals surface area contributed by atoms with E-state index in [0.29, 0.717) is 13.2 Å². The summed E-state index contributed by atoms with van der Waals surface area (Å²) in [5.41, 5.74) is 10.1. The highest BCUT2D eigenvalue weighted by Gasteiger charge is 2.36. The smallest absolute Gasteiger partial charge is 0.0778 e. The van der Waals surface area contributed by atoms with E-state index in [9.17, 15) is 0 Å². The number of ether oxygens (including phenoxy) is 1. The summed E-state index contributed by atoms with van der Waals surface area (Å²) in [6.45, 7) is 3.55. The first-order valence-electron chi connectivity index (χ1n) is 9.17. The van der Waals surface area contributed by atoms with Crippen LogP contribution >= 0.6 is 11.9 Å². The van der Waals surface area contributed by atoms with Crippen LogP contribution in [0, 0.1) is 0 Å². The molecule has 0 aliphatic carbocycles. The average Bonchev–Trinajstić information content (AvgIpc) is 3.08. The Morgan fingerprint density at radius 1 is 1.08 bits per heavy atom. The highest BCUT2D eigenvalue weighted by atomic mass is 32.2. The van der Waals surface area contributed by atoms with E-state index in [1.54, 1.807) is 0 Å². The van der Waals surface area contributed by atoms with E-state index >= 15 is 0 Å². The van der Waals surface area contributed by atoms with E-state index in [2.05, 4.69) is 83.5 Å². The van der Waals surface area contributed by atoms with Crippen molar-refractivity contribution in [2.45, 2.75) is 19.4 Å². The third-order valence-electron chi connectivity index (χ3n) is 4.62. The fourth-order valence-electron chi connectivity index (χ4n) is 3.42. The molecule has 0 aromatic heterocycles. The lowest BCUT2D eigenvalue weighted by atomic mass is 9.95. The zero-order valence-corrected chi connectivity index (χ0v) is 15.8. The van der Waals surface area contributed by atoms with Crippen molar-refractivity contribution in [3.63, 3.8) is 0 Å². The van der Waals surface area contributed by atoms with E-state index in [4.69, 9.17) is 4.74 Å². The lowest BCUT2D eigenvalue weighted by Gasteiger charge is -2.25. The van der Waals surface area contributed by atoms with Crippen molar-refractivity contribution in [2.75, 3.05) is 19.0 Å². The van der Waals surface area contributed by atoms with Gasteiger partial charge in [-0.05, 0) is 35.6 Å². The quantitative estimate of drug-likeness (QED) is 0.757. The monoisotopic (exact) mass is 364 g/mol. The molecule has 0 bridgehead atoms. The van der Waals surface area contributed by atoms with Gasteiger partial charge < -0.3 is 4.74 Å².